The average Bonchev–Trinajstić information content (AvgIpc) is 3.51. The maximum absolute atomic E-state index is 12.9. The van der Waals surface area contributed by atoms with Gasteiger partial charge in [-0.25, -0.2) is 4.79 Å². The number of hydrogen-bond acceptors (Lipinski definition) is 14. The number of rotatable bonds is 2. The van der Waals surface area contributed by atoms with Crippen LogP contribution in [-0.4, -0.2) is 95.1 Å². The number of nitriles is 1. The van der Waals surface area contributed by atoms with Gasteiger partial charge in [-0.15, -0.1) is 11.8 Å². The minimum Gasteiger partial charge on any atom is -0.504 e. The highest BCUT2D eigenvalue weighted by atomic mass is 32.2. The molecule has 0 aliphatic carbocycles. The Bertz CT molecular complexity index is 1790. The molecule has 0 spiro atoms. The number of carbonyl (C=O) groups excluding carboxylic acids is 3. The van der Waals surface area contributed by atoms with Gasteiger partial charge in [0.2, 0.25) is 12.6 Å². The van der Waals surface area contributed by atoms with Gasteiger partial charge in [-0.2, -0.15) is 5.26 Å². The molecule has 6 atom stereocenters. The number of hydrogen-bond donors (Lipinski definition) is 2. The van der Waals surface area contributed by atoms with Crippen molar-refractivity contribution >= 4 is 35.5 Å². The first kappa shape index (κ1) is 33.4. The third-order valence-electron chi connectivity index (χ3n) is 9.54. The summed E-state index contributed by atoms with van der Waals surface area (Å²) in [5.74, 6) is -1.69. The number of phenolic OH excluding ortho intramolecular Hbond substituents is 1. The largest absolute Gasteiger partial charge is 0.504 e. The number of nitrogens with zero attached hydrogens (tertiary/aromatic N) is 3. The Morgan fingerprint density at radius 2 is 1.77 bits per heavy atom. The topological polar surface area (TPSA) is 185 Å². The number of benzene rings is 2. The first-order valence-corrected chi connectivity index (χ1v) is 16.3. The predicted octanol–water partition coefficient (Wildman–Crippen LogP) is 2.89. The first-order valence-electron chi connectivity index (χ1n) is 15.3. The molecule has 5 heterocycles. The number of carbonyl (C=O) groups is 4. The molecule has 2 fully saturated rings. The summed E-state index contributed by atoms with van der Waals surface area (Å²) >= 11 is 1.22. The van der Waals surface area contributed by atoms with Crippen molar-refractivity contribution in [2.24, 2.45) is 0 Å². The van der Waals surface area contributed by atoms with Crippen molar-refractivity contribution in [3.05, 3.63) is 39.4 Å². The minimum atomic E-state index is -0.949. The van der Waals surface area contributed by atoms with E-state index in [4.69, 9.17) is 33.6 Å². The number of cyclic esters (lactones) is 1. The molecule has 0 saturated carbocycles. The number of aliphatic carboxylic acids is 1. The zero-order valence-corrected chi connectivity index (χ0v) is 28.0. The molecule has 2 saturated heterocycles. The molecule has 2 N–H and O–H groups in total. The summed E-state index contributed by atoms with van der Waals surface area (Å²) < 4.78 is 29.0. The number of methoxy groups -OCH3 is 1. The van der Waals surface area contributed by atoms with Crippen LogP contribution >= 0.6 is 11.8 Å². The summed E-state index contributed by atoms with van der Waals surface area (Å²) in [6, 6.07) is 1.81. The molecular weight excluding hydrogens is 646 g/mol. The van der Waals surface area contributed by atoms with E-state index >= 15 is 0 Å². The van der Waals surface area contributed by atoms with Crippen LogP contribution in [-0.2, 0) is 30.3 Å². The SMILES string of the molecule is CC(=O)O.COc1c(C)cc2c(c1O)[C@@H]1[C@@H]3[C@@H]4SCC(=O)C(=O)OC[C@@H](c5c6c(c(C)c(OC(C)=O)c54)OCO6)N3[C@@H](C#N)[C@H](C2)N1C. The van der Waals surface area contributed by atoms with Crippen molar-refractivity contribution in [3.8, 4) is 34.8 Å². The van der Waals surface area contributed by atoms with Gasteiger partial charge in [0, 0.05) is 48.2 Å². The number of esters is 2. The van der Waals surface area contributed by atoms with Crippen molar-refractivity contribution in [1.82, 2.24) is 9.80 Å². The Morgan fingerprint density at radius 3 is 2.42 bits per heavy atom. The normalized spacial score (nSPS) is 26.9. The smallest absolute Gasteiger partial charge is 0.375 e. The van der Waals surface area contributed by atoms with Crippen molar-refractivity contribution < 1.29 is 53.1 Å². The second-order valence-electron chi connectivity index (χ2n) is 12.3. The van der Waals surface area contributed by atoms with Gasteiger partial charge in [-0.1, -0.05) is 6.07 Å². The monoisotopic (exact) mass is 681 g/mol. The van der Waals surface area contributed by atoms with Crippen LogP contribution in [0.3, 0.4) is 0 Å². The van der Waals surface area contributed by atoms with Gasteiger partial charge in [0.05, 0.1) is 36.3 Å². The van der Waals surface area contributed by atoms with E-state index in [0.29, 0.717) is 51.7 Å². The van der Waals surface area contributed by atoms with Gasteiger partial charge < -0.3 is 33.9 Å². The molecule has 48 heavy (non-hydrogen) atoms. The number of carboxylic acids is 1. The van der Waals surface area contributed by atoms with E-state index in [0.717, 1.165) is 18.1 Å². The van der Waals surface area contributed by atoms with Crippen molar-refractivity contribution in [1.29, 1.82) is 5.26 Å². The first-order chi connectivity index (χ1) is 22.8. The lowest BCUT2D eigenvalue weighted by Gasteiger charge is -2.61. The molecular formula is C33H35N3O11S. The summed E-state index contributed by atoms with van der Waals surface area (Å²) in [6.07, 6.45) is 0.488. The molecule has 2 aromatic rings. The molecule has 14 nitrogen and oxygen atoms in total. The molecule has 0 amide bonds. The van der Waals surface area contributed by atoms with Crippen molar-refractivity contribution in [2.75, 3.05) is 33.3 Å². The number of piperazine rings is 1. The number of ether oxygens (including phenoxy) is 5. The molecule has 5 aliphatic rings. The minimum absolute atomic E-state index is 0.0240. The van der Waals surface area contributed by atoms with E-state index in [-0.39, 0.29) is 30.9 Å². The Kier molecular flexibility index (Phi) is 8.69. The number of fused-ring (bicyclic) bond motifs is 9. The molecule has 0 radical (unpaired) electrons. The number of thioether (sulfide) groups is 1. The highest BCUT2D eigenvalue weighted by molar-refractivity contribution is 8.00. The summed E-state index contributed by atoms with van der Waals surface area (Å²) in [5.41, 5.74) is 4.16. The van der Waals surface area contributed by atoms with E-state index in [1.165, 1.54) is 25.8 Å². The third kappa shape index (κ3) is 5.10. The Hall–Kier alpha value is -4.52. The number of carboxylic acid groups (broad SMARTS) is 1. The number of phenols is 1. The molecule has 0 unspecified atom stereocenters. The zero-order chi connectivity index (χ0) is 34.8. The number of aryl methyl sites for hydroxylation is 1. The summed E-state index contributed by atoms with van der Waals surface area (Å²) in [6.45, 7) is 5.74. The van der Waals surface area contributed by atoms with E-state index < -0.39 is 53.1 Å². The number of likely N-dealkylation sites (N-methyl/N-ethyl adjacent to an activating group) is 1. The van der Waals surface area contributed by atoms with E-state index in [1.54, 1.807) is 6.92 Å². The molecule has 4 bridgehead atoms. The van der Waals surface area contributed by atoms with Gasteiger partial charge in [0.25, 0.3) is 5.97 Å². The number of aromatic hydroxyl groups is 1. The maximum Gasteiger partial charge on any atom is 0.375 e. The molecule has 5 aliphatic heterocycles. The van der Waals surface area contributed by atoms with Crippen LogP contribution in [0.4, 0.5) is 0 Å². The summed E-state index contributed by atoms with van der Waals surface area (Å²) in [4.78, 5) is 51.3. The van der Waals surface area contributed by atoms with Gasteiger partial charge in [-0.3, -0.25) is 24.2 Å². The van der Waals surface area contributed by atoms with Gasteiger partial charge in [0.15, 0.2) is 23.0 Å². The average molecular weight is 682 g/mol. The fourth-order valence-electron chi connectivity index (χ4n) is 7.90. The summed E-state index contributed by atoms with van der Waals surface area (Å²) in [5, 5.41) is 29.3. The Morgan fingerprint density at radius 1 is 1.08 bits per heavy atom. The lowest BCUT2D eigenvalue weighted by atomic mass is 9.71. The molecule has 2 aromatic carbocycles. The lowest BCUT2D eigenvalue weighted by molar-refractivity contribution is -0.157. The van der Waals surface area contributed by atoms with E-state index in [2.05, 4.69) is 15.9 Å². The summed E-state index contributed by atoms with van der Waals surface area (Å²) in [7, 11) is 3.45. The highest BCUT2D eigenvalue weighted by Gasteiger charge is 2.60. The van der Waals surface area contributed by atoms with E-state index in [9.17, 15) is 24.8 Å². The quantitative estimate of drug-likeness (QED) is 0.268. The maximum atomic E-state index is 12.9. The number of Topliss-reactive ketones (excluding diaryl/α,β-unsaturated/α-hetero) is 1. The fourth-order valence-corrected chi connectivity index (χ4v) is 9.23. The molecule has 254 valence electrons. The van der Waals surface area contributed by atoms with Crippen LogP contribution in [0, 0.1) is 25.2 Å². The standard InChI is InChI=1S/C31H31N3O9S.C2H4O2/c1-12-6-15-7-16-17(8-32)34-18-9-40-31(38)19(36)10-44-30(24(34)23(33(16)4)20(15)25(37)26(12)39-5)22-21(18)29-28(41-11-42-29)13(2)27(22)43-14(3)35;1-2(3)4/h6,16-18,23-24,30,37H,7,9-11H2,1-5H3;1H3,(H,3,4)/t16-,17-,18-,23+,24+,30+;/m0./s1. The number of ketones is 1. The molecule has 0 aromatic heterocycles. The molecule has 7 rings (SSSR count). The lowest BCUT2D eigenvalue weighted by Crippen LogP contribution is -2.69. The second kappa shape index (κ2) is 12.5. The van der Waals surface area contributed by atoms with Crippen LogP contribution < -0.4 is 18.9 Å². The second-order valence-corrected chi connectivity index (χ2v) is 13.4. The van der Waals surface area contributed by atoms with Crippen LogP contribution in [0.15, 0.2) is 6.07 Å². The third-order valence-corrected chi connectivity index (χ3v) is 10.8. The van der Waals surface area contributed by atoms with E-state index in [1.807, 2.05) is 20.0 Å². The van der Waals surface area contributed by atoms with Crippen LogP contribution in [0.25, 0.3) is 0 Å². The van der Waals surface area contributed by atoms with Crippen molar-refractivity contribution in [2.45, 2.75) is 69.6 Å². The predicted molar refractivity (Wildman–Crippen MR) is 168 cm³/mol. The molecule has 15 heteroatoms. The zero-order valence-electron chi connectivity index (χ0n) is 27.2. The highest BCUT2D eigenvalue weighted by Crippen LogP contribution is 2.63. The van der Waals surface area contributed by atoms with Gasteiger partial charge >= 0.3 is 11.9 Å². The van der Waals surface area contributed by atoms with Crippen LogP contribution in [0.2, 0.25) is 0 Å². The van der Waals surface area contributed by atoms with Gasteiger partial charge in [-0.05, 0) is 38.4 Å². The van der Waals surface area contributed by atoms with Crippen molar-refractivity contribution in [3.63, 3.8) is 0 Å². The Balaban J connectivity index is 0.000000952. The van der Waals surface area contributed by atoms with Crippen LogP contribution in [0.1, 0.15) is 64.6 Å². The van der Waals surface area contributed by atoms with Gasteiger partial charge in [0.1, 0.15) is 18.4 Å². The Labute approximate surface area is 280 Å². The fraction of sp³-hybridized carbons (Fsp3) is 0.485. The van der Waals surface area contributed by atoms with Crippen LogP contribution in [0.5, 0.6) is 28.7 Å².